The molecule has 0 unspecified atom stereocenters. The third-order valence-electron chi connectivity index (χ3n) is 9.01. The summed E-state index contributed by atoms with van der Waals surface area (Å²) in [6.07, 6.45) is 21.5. The molecule has 1 rings (SSSR count). The van der Waals surface area contributed by atoms with Crippen LogP contribution in [0.25, 0.3) is 0 Å². The van der Waals surface area contributed by atoms with E-state index in [-0.39, 0.29) is 0 Å². The molecule has 0 bridgehead atoms. The van der Waals surface area contributed by atoms with Gasteiger partial charge in [0.05, 0.1) is 0 Å². The van der Waals surface area contributed by atoms with Crippen molar-refractivity contribution in [3.8, 4) is 0 Å². The van der Waals surface area contributed by atoms with Gasteiger partial charge in [0.2, 0.25) is 0 Å². The van der Waals surface area contributed by atoms with Crippen molar-refractivity contribution in [2.45, 2.75) is 179 Å². The first-order chi connectivity index (χ1) is 17.0. The summed E-state index contributed by atoms with van der Waals surface area (Å²) in [5.74, 6) is 0. The van der Waals surface area contributed by atoms with Gasteiger partial charge in [-0.3, -0.25) is 0 Å². The van der Waals surface area contributed by atoms with Gasteiger partial charge in [-0.1, -0.05) is 0 Å². The molecule has 0 spiro atoms. The zero-order chi connectivity index (χ0) is 27.4. The number of hydrogen-bond donors (Lipinski definition) is 0. The van der Waals surface area contributed by atoms with Crippen LogP contribution in [0, 0.1) is 0 Å². The van der Waals surface area contributed by atoms with Crippen molar-refractivity contribution in [1.82, 2.24) is 0 Å². The predicted molar refractivity (Wildman–Crippen MR) is 180 cm³/mol. The first kappa shape index (κ1) is 34.8. The fourth-order valence-electron chi connectivity index (χ4n) is 7.80. The number of hydrogen-bond acceptors (Lipinski definition) is 0. The Balaban J connectivity index is 3.62. The summed E-state index contributed by atoms with van der Waals surface area (Å²) < 4.78 is 7.80. The summed E-state index contributed by atoms with van der Waals surface area (Å²) in [4.78, 5) is 0. The average molecular weight is 638 g/mol. The van der Waals surface area contributed by atoms with E-state index in [1.54, 1.807) is 8.87 Å². The number of rotatable bonds is 20. The summed E-state index contributed by atoms with van der Waals surface area (Å²) >= 11 is -2.71. The first-order valence-electron chi connectivity index (χ1n) is 16.5. The van der Waals surface area contributed by atoms with Crippen LogP contribution >= 0.6 is 0 Å². The van der Waals surface area contributed by atoms with Crippen LogP contribution in [0.4, 0.5) is 0 Å². The zero-order valence-corrected chi connectivity index (χ0v) is 32.0. The standard InChI is InChI=1S/C16H33BSi2.2C8H17.Sn/c1-10-15(13-18(4,5)6)16(14-19(7,8)9)17(11-2)12-3;2*1-3-5-7-8-6-4-2;/h10-12H2,1-9H3;2*1,3-8H2,2H3;. The third kappa shape index (κ3) is 9.46. The van der Waals surface area contributed by atoms with Crippen molar-refractivity contribution in [2.75, 3.05) is 0 Å². The van der Waals surface area contributed by atoms with Crippen molar-refractivity contribution in [3.63, 3.8) is 0 Å². The van der Waals surface area contributed by atoms with E-state index in [2.05, 4.69) is 80.3 Å². The van der Waals surface area contributed by atoms with Crippen LogP contribution in [-0.4, -0.2) is 41.2 Å². The zero-order valence-electron chi connectivity index (χ0n) is 27.1. The van der Waals surface area contributed by atoms with E-state index in [0.717, 1.165) is 6.71 Å². The van der Waals surface area contributed by atoms with Gasteiger partial charge in [0.25, 0.3) is 0 Å². The van der Waals surface area contributed by atoms with Crippen LogP contribution in [0.3, 0.4) is 0 Å². The second-order valence-electron chi connectivity index (χ2n) is 14.1. The maximum atomic E-state index is 2.75. The van der Waals surface area contributed by atoms with Crippen LogP contribution < -0.4 is 0 Å². The molecule has 0 saturated heterocycles. The Morgan fingerprint density at radius 1 is 0.528 bits per heavy atom. The Kier molecular flexibility index (Phi) is 16.2. The fraction of sp³-hybridized carbons (Fsp3) is 0.875. The first-order valence-corrected chi connectivity index (χ1v) is 30.3. The van der Waals surface area contributed by atoms with Gasteiger partial charge in [-0.2, -0.15) is 0 Å². The molecule has 0 atom stereocenters. The minimum absolute atomic E-state index is 0.820. The Hall–Kier alpha value is 0.777. The molecule has 0 aromatic heterocycles. The van der Waals surface area contributed by atoms with E-state index < -0.39 is 34.5 Å². The molecule has 0 aliphatic carbocycles. The molecule has 1 aliphatic heterocycles. The number of allylic oxidation sites excluding steroid dienone is 2. The topological polar surface area (TPSA) is 0 Å². The molecule has 0 nitrogen and oxygen atoms in total. The monoisotopic (exact) mass is 638 g/mol. The molecule has 36 heavy (non-hydrogen) atoms. The third-order valence-corrected chi connectivity index (χ3v) is 45.8. The van der Waals surface area contributed by atoms with Gasteiger partial charge in [-0.25, -0.2) is 0 Å². The molecule has 4 heteroatoms. The summed E-state index contributed by atoms with van der Waals surface area (Å²) in [6.45, 7) is 29.5. The van der Waals surface area contributed by atoms with Crippen LogP contribution in [0.2, 0.25) is 60.8 Å². The van der Waals surface area contributed by atoms with Crippen LogP contribution in [0.1, 0.15) is 118 Å². The van der Waals surface area contributed by atoms with Crippen molar-refractivity contribution >= 4 is 41.2 Å². The van der Waals surface area contributed by atoms with Crippen molar-refractivity contribution in [3.05, 3.63) is 17.5 Å². The maximum absolute atomic E-state index is 2.75. The molecule has 1 aliphatic rings. The molecule has 0 aromatic rings. The minimum atomic E-state index is -2.71. The van der Waals surface area contributed by atoms with Gasteiger partial charge < -0.3 is 0 Å². The summed E-state index contributed by atoms with van der Waals surface area (Å²) in [6, 6.07) is 0. The van der Waals surface area contributed by atoms with Crippen molar-refractivity contribution < 1.29 is 0 Å². The fourth-order valence-corrected chi connectivity index (χ4v) is 57.7. The summed E-state index contributed by atoms with van der Waals surface area (Å²) in [5.41, 5.74) is 3.97. The predicted octanol–water partition coefficient (Wildman–Crippen LogP) is 12.1. The SMILES string of the molecule is CCCCCCC[CH2][Sn]1([CH2]CCCCCCC)[C]([Si](C)(C)C)=C(CC)C(B(CC)CC)=[C]1[Si](C)(C)C. The van der Waals surface area contributed by atoms with Crippen LogP contribution in [-0.2, 0) is 0 Å². The second-order valence-corrected chi connectivity index (χ2v) is 38.9. The molecule has 0 N–H and O–H groups in total. The van der Waals surface area contributed by atoms with Crippen LogP contribution in [0.5, 0.6) is 0 Å². The van der Waals surface area contributed by atoms with E-state index in [9.17, 15) is 0 Å². The van der Waals surface area contributed by atoms with E-state index >= 15 is 0 Å². The molecule has 0 aromatic carbocycles. The van der Waals surface area contributed by atoms with Gasteiger partial charge in [0.15, 0.2) is 0 Å². The Bertz CT molecular complexity index is 676. The molecule has 0 saturated carbocycles. The van der Waals surface area contributed by atoms with E-state index in [4.69, 9.17) is 0 Å². The van der Waals surface area contributed by atoms with Crippen molar-refractivity contribution in [1.29, 1.82) is 0 Å². The van der Waals surface area contributed by atoms with Gasteiger partial charge in [0, 0.05) is 0 Å². The molecule has 1 heterocycles. The molecule has 0 fully saturated rings. The molecular weight excluding hydrogens is 570 g/mol. The normalized spacial score (nSPS) is 16.4. The molecule has 210 valence electrons. The van der Waals surface area contributed by atoms with Crippen molar-refractivity contribution in [2.24, 2.45) is 0 Å². The average Bonchev–Trinajstić information content (AvgIpc) is 3.10. The van der Waals surface area contributed by atoms with E-state index in [0.29, 0.717) is 0 Å². The van der Waals surface area contributed by atoms with E-state index in [1.807, 2.05) is 11.0 Å². The molecule has 0 radical (unpaired) electrons. The molecular formula is C32H67BSi2Sn. The van der Waals surface area contributed by atoms with Gasteiger partial charge in [-0.05, 0) is 0 Å². The summed E-state index contributed by atoms with van der Waals surface area (Å²) in [7, 11) is -2.79. The number of unbranched alkanes of at least 4 members (excludes halogenated alkanes) is 10. The molecule has 0 amide bonds. The van der Waals surface area contributed by atoms with Gasteiger partial charge in [-0.15, -0.1) is 0 Å². The quantitative estimate of drug-likeness (QED) is 0.0921. The van der Waals surface area contributed by atoms with Gasteiger partial charge >= 0.3 is 238 Å². The van der Waals surface area contributed by atoms with Crippen LogP contribution in [0.15, 0.2) is 17.5 Å². The Morgan fingerprint density at radius 3 is 1.25 bits per heavy atom. The van der Waals surface area contributed by atoms with Gasteiger partial charge in [0.1, 0.15) is 0 Å². The van der Waals surface area contributed by atoms with E-state index in [1.165, 1.54) is 96.1 Å². The second kappa shape index (κ2) is 16.8. The summed E-state index contributed by atoms with van der Waals surface area (Å²) in [5, 5.41) is 0. The Morgan fingerprint density at radius 2 is 0.917 bits per heavy atom. The Labute approximate surface area is 236 Å².